The van der Waals surface area contributed by atoms with Crippen molar-refractivity contribution in [2.45, 2.75) is 31.5 Å². The molecule has 3 nitrogen and oxygen atoms in total. The molecule has 0 radical (unpaired) electrons. The smallest absolute Gasteiger partial charge is 0.105 e. The molecule has 8 heavy (non-hydrogen) atoms. The first kappa shape index (κ1) is 6.01. The second kappa shape index (κ2) is 2.44. The second-order valence-electron chi connectivity index (χ2n) is 2.17. The van der Waals surface area contributed by atoms with Crippen molar-refractivity contribution in [1.82, 2.24) is 0 Å². The highest BCUT2D eigenvalue weighted by molar-refractivity contribution is 4.75. The Morgan fingerprint density at radius 1 is 1.50 bits per heavy atom. The van der Waals surface area contributed by atoms with E-state index in [1.165, 1.54) is 0 Å². The first-order valence-corrected chi connectivity index (χ1v) is 2.88. The third kappa shape index (κ3) is 0.992. The molecule has 0 aromatic heterocycles. The molecule has 2 unspecified atom stereocenters. The van der Waals surface area contributed by atoms with E-state index < -0.39 is 0 Å². The Labute approximate surface area is 48.4 Å². The molecule has 1 aliphatic carbocycles. The van der Waals surface area contributed by atoms with Crippen molar-refractivity contribution in [2.75, 3.05) is 0 Å². The van der Waals surface area contributed by atoms with E-state index in [2.05, 4.69) is 4.84 Å². The zero-order chi connectivity index (χ0) is 5.98. The standard InChI is InChI=1S/C5H11NO2/c6-8-5-3-1-2-4(5)7/h4-5,7H,1-3,6H2. The van der Waals surface area contributed by atoms with E-state index in [1.54, 1.807) is 0 Å². The average molecular weight is 117 g/mol. The quantitative estimate of drug-likeness (QED) is 0.467. The van der Waals surface area contributed by atoms with Crippen molar-refractivity contribution in [2.24, 2.45) is 5.90 Å². The summed E-state index contributed by atoms with van der Waals surface area (Å²) < 4.78 is 0. The average Bonchev–Trinajstić information content (AvgIpc) is 2.14. The maximum atomic E-state index is 8.98. The van der Waals surface area contributed by atoms with Crippen LogP contribution >= 0.6 is 0 Å². The molecule has 0 aromatic carbocycles. The van der Waals surface area contributed by atoms with Crippen molar-refractivity contribution >= 4 is 0 Å². The van der Waals surface area contributed by atoms with Gasteiger partial charge in [0.15, 0.2) is 0 Å². The van der Waals surface area contributed by atoms with E-state index in [0.717, 1.165) is 19.3 Å². The lowest BCUT2D eigenvalue weighted by Gasteiger charge is -2.09. The van der Waals surface area contributed by atoms with Crippen LogP contribution in [0.25, 0.3) is 0 Å². The van der Waals surface area contributed by atoms with E-state index in [9.17, 15) is 0 Å². The van der Waals surface area contributed by atoms with Crippen LogP contribution in [0.3, 0.4) is 0 Å². The lowest BCUT2D eigenvalue weighted by atomic mass is 10.3. The molecule has 1 saturated carbocycles. The number of aliphatic hydroxyl groups is 1. The molecule has 3 N–H and O–H groups in total. The number of hydrogen-bond acceptors (Lipinski definition) is 3. The van der Waals surface area contributed by atoms with E-state index in [-0.39, 0.29) is 12.2 Å². The molecule has 2 atom stereocenters. The lowest BCUT2D eigenvalue weighted by molar-refractivity contribution is -0.0197. The molecule has 48 valence electrons. The van der Waals surface area contributed by atoms with Crippen LogP contribution in [0.2, 0.25) is 0 Å². The maximum Gasteiger partial charge on any atom is 0.105 e. The van der Waals surface area contributed by atoms with Gasteiger partial charge in [-0.15, -0.1) is 0 Å². The minimum Gasteiger partial charge on any atom is -0.390 e. The van der Waals surface area contributed by atoms with Gasteiger partial charge in [-0.3, -0.25) is 4.84 Å². The van der Waals surface area contributed by atoms with Gasteiger partial charge in [0.2, 0.25) is 0 Å². The summed E-state index contributed by atoms with van der Waals surface area (Å²) in [4.78, 5) is 4.47. The summed E-state index contributed by atoms with van der Waals surface area (Å²) in [5, 5.41) is 8.98. The first-order valence-electron chi connectivity index (χ1n) is 2.88. The van der Waals surface area contributed by atoms with Gasteiger partial charge in [-0.2, -0.15) is 0 Å². The van der Waals surface area contributed by atoms with E-state index >= 15 is 0 Å². The van der Waals surface area contributed by atoms with Crippen LogP contribution in [0, 0.1) is 0 Å². The summed E-state index contributed by atoms with van der Waals surface area (Å²) >= 11 is 0. The molecular formula is C5H11NO2. The van der Waals surface area contributed by atoms with Crippen molar-refractivity contribution in [3.8, 4) is 0 Å². The Kier molecular flexibility index (Phi) is 1.83. The molecule has 0 amide bonds. The molecule has 0 aromatic rings. The van der Waals surface area contributed by atoms with E-state index in [0.29, 0.717) is 0 Å². The largest absolute Gasteiger partial charge is 0.390 e. The molecule has 0 spiro atoms. The topological polar surface area (TPSA) is 55.5 Å². The van der Waals surface area contributed by atoms with Gasteiger partial charge in [-0.25, -0.2) is 5.90 Å². The van der Waals surface area contributed by atoms with Gasteiger partial charge in [-0.1, -0.05) is 0 Å². The van der Waals surface area contributed by atoms with Crippen LogP contribution in [-0.4, -0.2) is 17.3 Å². The predicted octanol–water partition coefficient (Wildman–Crippen LogP) is -0.210. The van der Waals surface area contributed by atoms with Crippen LogP contribution in [-0.2, 0) is 4.84 Å². The van der Waals surface area contributed by atoms with Crippen molar-refractivity contribution in [3.63, 3.8) is 0 Å². The molecule has 1 aliphatic rings. The third-order valence-corrected chi connectivity index (χ3v) is 1.59. The number of aliphatic hydroxyl groups excluding tert-OH is 1. The number of nitrogens with two attached hydrogens (primary N) is 1. The van der Waals surface area contributed by atoms with E-state index in [4.69, 9.17) is 11.0 Å². The van der Waals surface area contributed by atoms with Gasteiger partial charge in [0.1, 0.15) is 6.10 Å². The maximum absolute atomic E-state index is 8.98. The Morgan fingerprint density at radius 3 is 2.50 bits per heavy atom. The fraction of sp³-hybridized carbons (Fsp3) is 1.00. The highest BCUT2D eigenvalue weighted by Gasteiger charge is 2.24. The van der Waals surface area contributed by atoms with Gasteiger partial charge < -0.3 is 5.11 Å². The summed E-state index contributed by atoms with van der Waals surface area (Å²) in [5.74, 6) is 4.86. The molecule has 0 heterocycles. The van der Waals surface area contributed by atoms with Crippen molar-refractivity contribution < 1.29 is 9.94 Å². The van der Waals surface area contributed by atoms with Gasteiger partial charge in [0.25, 0.3) is 0 Å². The zero-order valence-corrected chi connectivity index (χ0v) is 4.71. The fourth-order valence-corrected chi connectivity index (χ4v) is 1.07. The van der Waals surface area contributed by atoms with Crippen LogP contribution < -0.4 is 5.90 Å². The minimum atomic E-state index is -0.319. The zero-order valence-electron chi connectivity index (χ0n) is 4.71. The Morgan fingerprint density at radius 2 is 2.25 bits per heavy atom. The van der Waals surface area contributed by atoms with Gasteiger partial charge in [0, 0.05) is 0 Å². The summed E-state index contributed by atoms with van der Waals surface area (Å²) in [6, 6.07) is 0. The second-order valence-corrected chi connectivity index (χ2v) is 2.17. The molecule has 0 saturated heterocycles. The normalized spacial score (nSPS) is 38.2. The summed E-state index contributed by atoms with van der Waals surface area (Å²) in [6.45, 7) is 0. The molecule has 0 aliphatic heterocycles. The van der Waals surface area contributed by atoms with Crippen LogP contribution in [0.5, 0.6) is 0 Å². The third-order valence-electron chi connectivity index (χ3n) is 1.59. The number of hydrogen-bond donors (Lipinski definition) is 2. The molecule has 3 heteroatoms. The lowest BCUT2D eigenvalue weighted by Crippen LogP contribution is -2.25. The highest BCUT2D eigenvalue weighted by atomic mass is 16.6. The van der Waals surface area contributed by atoms with E-state index in [1.807, 2.05) is 0 Å². The summed E-state index contributed by atoms with van der Waals surface area (Å²) in [5.41, 5.74) is 0. The highest BCUT2D eigenvalue weighted by Crippen LogP contribution is 2.19. The summed E-state index contributed by atoms with van der Waals surface area (Å²) in [6.07, 6.45) is 2.35. The summed E-state index contributed by atoms with van der Waals surface area (Å²) in [7, 11) is 0. The molecular weight excluding hydrogens is 106 g/mol. The SMILES string of the molecule is NOC1CCCC1O. The van der Waals surface area contributed by atoms with Crippen molar-refractivity contribution in [3.05, 3.63) is 0 Å². The Hall–Kier alpha value is -0.120. The van der Waals surface area contributed by atoms with Gasteiger partial charge >= 0.3 is 0 Å². The fourth-order valence-electron chi connectivity index (χ4n) is 1.07. The van der Waals surface area contributed by atoms with Crippen LogP contribution in [0.15, 0.2) is 0 Å². The van der Waals surface area contributed by atoms with Crippen LogP contribution in [0.4, 0.5) is 0 Å². The van der Waals surface area contributed by atoms with Gasteiger partial charge in [0.05, 0.1) is 6.10 Å². The minimum absolute atomic E-state index is 0.102. The first-order chi connectivity index (χ1) is 3.84. The van der Waals surface area contributed by atoms with Crippen LogP contribution in [0.1, 0.15) is 19.3 Å². The van der Waals surface area contributed by atoms with Crippen molar-refractivity contribution in [1.29, 1.82) is 0 Å². The Bertz CT molecular complexity index is 76.8. The molecule has 1 fully saturated rings. The number of rotatable bonds is 1. The Balaban J connectivity index is 2.30. The molecule has 1 rings (SSSR count). The predicted molar refractivity (Wildman–Crippen MR) is 28.9 cm³/mol. The monoisotopic (exact) mass is 117 g/mol. The molecule has 0 bridgehead atoms. The van der Waals surface area contributed by atoms with Gasteiger partial charge in [-0.05, 0) is 19.3 Å².